The fourth-order valence-electron chi connectivity index (χ4n) is 1.87. The zero-order valence-electron chi connectivity index (χ0n) is 8.42. The fraction of sp³-hybridized carbons (Fsp3) is 0.727. The van der Waals surface area contributed by atoms with Crippen molar-refractivity contribution in [3.63, 3.8) is 0 Å². The maximum atomic E-state index is 11.8. The van der Waals surface area contributed by atoms with Gasteiger partial charge in [-0.2, -0.15) is 0 Å². The third kappa shape index (κ3) is 1.77. The quantitative estimate of drug-likeness (QED) is 0.562. The first kappa shape index (κ1) is 8.79. The minimum atomic E-state index is 0.354. The van der Waals surface area contributed by atoms with E-state index in [1.54, 1.807) is 0 Å². The lowest BCUT2D eigenvalue weighted by molar-refractivity contribution is -0.132. The third-order valence-electron chi connectivity index (χ3n) is 3.17. The van der Waals surface area contributed by atoms with Gasteiger partial charge in [-0.25, -0.2) is 0 Å². The van der Waals surface area contributed by atoms with E-state index in [2.05, 4.69) is 19.9 Å². The standard InChI is InChI=1S/C11H17NO/c1-8-3-5-12(6-4-8)11(13)10-7-9(10)2/h3,9-10H,4-7H2,1-2H3/t9-,10-/m0/s1. The van der Waals surface area contributed by atoms with Crippen molar-refractivity contribution >= 4 is 5.91 Å². The first-order chi connectivity index (χ1) is 6.18. The van der Waals surface area contributed by atoms with Gasteiger partial charge >= 0.3 is 0 Å². The largest absolute Gasteiger partial charge is 0.338 e. The Balaban J connectivity index is 1.92. The Morgan fingerprint density at radius 1 is 1.62 bits per heavy atom. The predicted molar refractivity (Wildman–Crippen MR) is 52.2 cm³/mol. The van der Waals surface area contributed by atoms with Crippen LogP contribution in [0.2, 0.25) is 0 Å². The molecule has 0 radical (unpaired) electrons. The number of hydrogen-bond acceptors (Lipinski definition) is 1. The summed E-state index contributed by atoms with van der Waals surface area (Å²) >= 11 is 0. The Labute approximate surface area is 79.6 Å². The normalized spacial score (nSPS) is 32.8. The van der Waals surface area contributed by atoms with Crippen LogP contribution in [0.1, 0.15) is 26.7 Å². The van der Waals surface area contributed by atoms with E-state index >= 15 is 0 Å². The molecule has 0 aromatic carbocycles. The van der Waals surface area contributed by atoms with Crippen LogP contribution < -0.4 is 0 Å². The van der Waals surface area contributed by atoms with Crippen molar-refractivity contribution in [1.29, 1.82) is 0 Å². The third-order valence-corrected chi connectivity index (χ3v) is 3.17. The summed E-state index contributed by atoms with van der Waals surface area (Å²) in [5.74, 6) is 1.38. The lowest BCUT2D eigenvalue weighted by Crippen LogP contribution is -2.35. The van der Waals surface area contributed by atoms with Gasteiger partial charge in [-0.05, 0) is 25.7 Å². The molecule has 1 amide bonds. The highest BCUT2D eigenvalue weighted by atomic mass is 16.2. The second-order valence-corrected chi connectivity index (χ2v) is 4.40. The number of amides is 1. The highest BCUT2D eigenvalue weighted by Gasteiger charge is 2.41. The molecule has 0 spiro atoms. The average molecular weight is 179 g/mol. The van der Waals surface area contributed by atoms with E-state index in [0.29, 0.717) is 17.7 Å². The average Bonchev–Trinajstić information content (AvgIpc) is 2.83. The van der Waals surface area contributed by atoms with Crippen molar-refractivity contribution < 1.29 is 4.79 Å². The molecule has 2 nitrogen and oxygen atoms in total. The van der Waals surface area contributed by atoms with Crippen LogP contribution >= 0.6 is 0 Å². The Kier molecular flexibility index (Phi) is 2.14. The Bertz CT molecular complexity index is 257. The monoisotopic (exact) mass is 179 g/mol. The van der Waals surface area contributed by atoms with E-state index < -0.39 is 0 Å². The molecule has 13 heavy (non-hydrogen) atoms. The molecule has 0 unspecified atom stereocenters. The van der Waals surface area contributed by atoms with Gasteiger partial charge in [0.1, 0.15) is 0 Å². The van der Waals surface area contributed by atoms with E-state index in [1.807, 2.05) is 4.90 Å². The van der Waals surface area contributed by atoms with E-state index in [9.17, 15) is 4.79 Å². The minimum absolute atomic E-state index is 0.354. The summed E-state index contributed by atoms with van der Waals surface area (Å²) in [6, 6.07) is 0. The maximum absolute atomic E-state index is 11.8. The zero-order chi connectivity index (χ0) is 9.42. The number of rotatable bonds is 1. The SMILES string of the molecule is CC1=CCN(C(=O)[C@H]2C[C@@H]2C)CC1. The van der Waals surface area contributed by atoms with E-state index in [4.69, 9.17) is 0 Å². The molecule has 2 rings (SSSR count). The molecule has 1 fully saturated rings. The van der Waals surface area contributed by atoms with Gasteiger partial charge in [0.05, 0.1) is 0 Å². The first-order valence-corrected chi connectivity index (χ1v) is 5.13. The molecule has 2 atom stereocenters. The highest BCUT2D eigenvalue weighted by Crippen LogP contribution is 2.39. The van der Waals surface area contributed by atoms with Gasteiger partial charge < -0.3 is 4.90 Å². The second-order valence-electron chi connectivity index (χ2n) is 4.40. The highest BCUT2D eigenvalue weighted by molar-refractivity contribution is 5.81. The summed E-state index contributed by atoms with van der Waals surface area (Å²) < 4.78 is 0. The molecule has 2 aliphatic rings. The first-order valence-electron chi connectivity index (χ1n) is 5.13. The van der Waals surface area contributed by atoms with Crippen LogP contribution in [-0.4, -0.2) is 23.9 Å². The van der Waals surface area contributed by atoms with Crippen molar-refractivity contribution in [3.05, 3.63) is 11.6 Å². The molecule has 1 heterocycles. The van der Waals surface area contributed by atoms with E-state index in [1.165, 1.54) is 5.57 Å². The van der Waals surface area contributed by atoms with Crippen LogP contribution in [0.3, 0.4) is 0 Å². The van der Waals surface area contributed by atoms with Crippen molar-refractivity contribution in [2.24, 2.45) is 11.8 Å². The van der Waals surface area contributed by atoms with Crippen LogP contribution in [0.25, 0.3) is 0 Å². The molecule has 1 aliphatic carbocycles. The van der Waals surface area contributed by atoms with Crippen LogP contribution in [0, 0.1) is 11.8 Å². The Morgan fingerprint density at radius 2 is 2.31 bits per heavy atom. The number of nitrogens with zero attached hydrogens (tertiary/aromatic N) is 1. The van der Waals surface area contributed by atoms with Crippen LogP contribution in [-0.2, 0) is 4.79 Å². The van der Waals surface area contributed by atoms with Gasteiger partial charge in [-0.3, -0.25) is 4.79 Å². The second kappa shape index (κ2) is 3.17. The van der Waals surface area contributed by atoms with Crippen LogP contribution in [0.15, 0.2) is 11.6 Å². The van der Waals surface area contributed by atoms with E-state index in [0.717, 1.165) is 25.9 Å². The minimum Gasteiger partial charge on any atom is -0.338 e. The fourth-order valence-corrected chi connectivity index (χ4v) is 1.87. The molecule has 0 bridgehead atoms. The molecule has 72 valence electrons. The molecule has 1 saturated carbocycles. The predicted octanol–water partition coefficient (Wildman–Crippen LogP) is 1.82. The van der Waals surface area contributed by atoms with Crippen LogP contribution in [0.4, 0.5) is 0 Å². The van der Waals surface area contributed by atoms with Crippen molar-refractivity contribution in [2.45, 2.75) is 26.7 Å². The molecule has 0 aromatic heterocycles. The zero-order valence-corrected chi connectivity index (χ0v) is 8.42. The van der Waals surface area contributed by atoms with Gasteiger partial charge in [0, 0.05) is 19.0 Å². The lowest BCUT2D eigenvalue weighted by atomic mass is 10.1. The Morgan fingerprint density at radius 3 is 2.77 bits per heavy atom. The molecule has 0 aromatic rings. The van der Waals surface area contributed by atoms with Crippen molar-refractivity contribution in [3.8, 4) is 0 Å². The summed E-state index contributed by atoms with van der Waals surface area (Å²) in [6.07, 6.45) is 4.35. The van der Waals surface area contributed by atoms with Gasteiger partial charge in [0.25, 0.3) is 0 Å². The van der Waals surface area contributed by atoms with Crippen molar-refractivity contribution in [1.82, 2.24) is 4.90 Å². The summed E-state index contributed by atoms with van der Waals surface area (Å²) in [6.45, 7) is 6.08. The number of carbonyl (C=O) groups excluding carboxylic acids is 1. The molecule has 0 saturated heterocycles. The van der Waals surface area contributed by atoms with Gasteiger partial charge in [-0.1, -0.05) is 18.6 Å². The molecule has 1 aliphatic heterocycles. The number of hydrogen-bond donors (Lipinski definition) is 0. The summed E-state index contributed by atoms with van der Waals surface area (Å²) in [4.78, 5) is 13.8. The van der Waals surface area contributed by atoms with Crippen LogP contribution in [0.5, 0.6) is 0 Å². The molecular formula is C11H17NO. The Hall–Kier alpha value is -0.790. The number of carbonyl (C=O) groups is 1. The van der Waals surface area contributed by atoms with E-state index in [-0.39, 0.29) is 0 Å². The van der Waals surface area contributed by atoms with Gasteiger partial charge in [-0.15, -0.1) is 0 Å². The summed E-state index contributed by atoms with van der Waals surface area (Å²) in [7, 11) is 0. The molecule has 2 heteroatoms. The summed E-state index contributed by atoms with van der Waals surface area (Å²) in [5.41, 5.74) is 1.42. The lowest BCUT2D eigenvalue weighted by Gasteiger charge is -2.25. The van der Waals surface area contributed by atoms with Gasteiger partial charge in [0.15, 0.2) is 0 Å². The van der Waals surface area contributed by atoms with Crippen molar-refractivity contribution in [2.75, 3.05) is 13.1 Å². The smallest absolute Gasteiger partial charge is 0.226 e. The maximum Gasteiger partial charge on any atom is 0.226 e. The summed E-state index contributed by atoms with van der Waals surface area (Å²) in [5, 5.41) is 0. The topological polar surface area (TPSA) is 20.3 Å². The molecule has 0 N–H and O–H groups in total. The molecular weight excluding hydrogens is 162 g/mol. The van der Waals surface area contributed by atoms with Gasteiger partial charge in [0.2, 0.25) is 5.91 Å².